The van der Waals surface area contributed by atoms with Gasteiger partial charge in [0.1, 0.15) is 6.07 Å². The van der Waals surface area contributed by atoms with Crippen LogP contribution in [0.4, 0.5) is 11.4 Å². The topological polar surface area (TPSA) is 97.4 Å². The smallest absolute Gasteiger partial charge is 0.259 e. The summed E-state index contributed by atoms with van der Waals surface area (Å²) in [6.45, 7) is 5.98. The number of rotatable bonds is 5. The lowest BCUT2D eigenvalue weighted by Gasteiger charge is -2.36. The minimum absolute atomic E-state index is 0.161. The van der Waals surface area contributed by atoms with Gasteiger partial charge in [0.15, 0.2) is 0 Å². The number of aryl methyl sites for hydroxylation is 1. The summed E-state index contributed by atoms with van der Waals surface area (Å²) in [4.78, 5) is 16.8. The fourth-order valence-electron chi connectivity index (χ4n) is 3.25. The Morgan fingerprint density at radius 3 is 2.67 bits per heavy atom. The van der Waals surface area contributed by atoms with Crippen molar-refractivity contribution in [2.45, 2.75) is 6.92 Å². The summed E-state index contributed by atoms with van der Waals surface area (Å²) in [6, 6.07) is 7.64. The first-order valence-electron chi connectivity index (χ1n) is 8.95. The molecule has 8 nitrogen and oxygen atoms in total. The molecule has 1 aliphatic heterocycles. The second-order valence-corrected chi connectivity index (χ2v) is 6.62. The molecule has 2 N–H and O–H groups in total. The van der Waals surface area contributed by atoms with Gasteiger partial charge in [0.25, 0.3) is 5.91 Å². The number of carbonyl (C=O) groups is 1. The van der Waals surface area contributed by atoms with E-state index in [1.54, 1.807) is 17.8 Å². The van der Waals surface area contributed by atoms with Crippen LogP contribution in [-0.2, 0) is 7.05 Å². The number of nitriles is 1. The summed E-state index contributed by atoms with van der Waals surface area (Å²) in [6.07, 6.45) is 1.54. The number of β-amino-alcohol motifs (C(OH)–C–C–N with tert-alkyl or cyclic N) is 1. The van der Waals surface area contributed by atoms with E-state index in [-0.39, 0.29) is 12.5 Å². The Morgan fingerprint density at radius 1 is 1.33 bits per heavy atom. The maximum Gasteiger partial charge on any atom is 0.259 e. The molecule has 3 rings (SSSR count). The average molecular weight is 368 g/mol. The summed E-state index contributed by atoms with van der Waals surface area (Å²) in [5.41, 5.74) is 3.29. The molecule has 0 bridgehead atoms. The number of amides is 1. The highest BCUT2D eigenvalue weighted by Gasteiger charge is 2.20. The van der Waals surface area contributed by atoms with Gasteiger partial charge in [-0.05, 0) is 25.1 Å². The highest BCUT2D eigenvalue weighted by Crippen LogP contribution is 2.25. The van der Waals surface area contributed by atoms with Gasteiger partial charge in [-0.2, -0.15) is 10.4 Å². The summed E-state index contributed by atoms with van der Waals surface area (Å²) >= 11 is 0. The Kier molecular flexibility index (Phi) is 5.74. The van der Waals surface area contributed by atoms with Crippen LogP contribution in [0, 0.1) is 18.3 Å². The predicted octanol–water partition coefficient (Wildman–Crippen LogP) is 0.967. The minimum atomic E-state index is -0.241. The molecule has 2 aromatic rings. The Balaban J connectivity index is 1.72. The molecular weight excluding hydrogens is 344 g/mol. The Hall–Kier alpha value is -2.89. The zero-order valence-electron chi connectivity index (χ0n) is 15.6. The molecule has 0 radical (unpaired) electrons. The first-order valence-corrected chi connectivity index (χ1v) is 8.95. The van der Waals surface area contributed by atoms with E-state index in [9.17, 15) is 10.1 Å². The molecule has 0 saturated carbocycles. The largest absolute Gasteiger partial charge is 0.395 e. The molecule has 1 aromatic heterocycles. The second-order valence-electron chi connectivity index (χ2n) is 6.62. The van der Waals surface area contributed by atoms with E-state index < -0.39 is 0 Å². The Labute approximate surface area is 158 Å². The number of nitrogens with one attached hydrogen (secondary N) is 1. The number of anilines is 2. The first kappa shape index (κ1) is 18.9. The molecule has 27 heavy (non-hydrogen) atoms. The van der Waals surface area contributed by atoms with E-state index in [0.29, 0.717) is 23.4 Å². The standard InChI is InChI=1S/C19H24N6O2/c1-14-17(13-21-23(14)2)19(27)22-16-3-4-18(15(11-16)12-20)25-7-5-24(6-8-25)9-10-26/h3-4,11,13,26H,5-10H2,1-2H3,(H,22,27). The number of carbonyl (C=O) groups excluding carboxylic acids is 1. The number of hydrogen-bond acceptors (Lipinski definition) is 6. The van der Waals surface area contributed by atoms with Gasteiger partial charge in [-0.25, -0.2) is 0 Å². The molecule has 1 aliphatic rings. The SMILES string of the molecule is Cc1c(C(=O)Nc2ccc(N3CCN(CCO)CC3)c(C#N)c2)cnn1C. The van der Waals surface area contributed by atoms with Crippen molar-refractivity contribution in [2.24, 2.45) is 7.05 Å². The number of aromatic nitrogens is 2. The number of aliphatic hydroxyl groups is 1. The van der Waals surface area contributed by atoms with Crippen LogP contribution in [0.15, 0.2) is 24.4 Å². The molecule has 0 unspecified atom stereocenters. The van der Waals surface area contributed by atoms with Gasteiger partial charge < -0.3 is 15.3 Å². The third kappa shape index (κ3) is 4.10. The molecular formula is C19H24N6O2. The molecule has 2 heterocycles. The van der Waals surface area contributed by atoms with Gasteiger partial charge in [0.05, 0.1) is 29.6 Å². The van der Waals surface area contributed by atoms with Crippen LogP contribution in [0.3, 0.4) is 0 Å². The van der Waals surface area contributed by atoms with Crippen molar-refractivity contribution in [3.05, 3.63) is 41.2 Å². The van der Waals surface area contributed by atoms with Crippen molar-refractivity contribution in [1.82, 2.24) is 14.7 Å². The number of aliphatic hydroxyl groups excluding tert-OH is 1. The van der Waals surface area contributed by atoms with Gasteiger partial charge in [0, 0.05) is 51.2 Å². The van der Waals surface area contributed by atoms with E-state index in [1.165, 1.54) is 6.20 Å². The monoisotopic (exact) mass is 368 g/mol. The van der Waals surface area contributed by atoms with Gasteiger partial charge in [-0.1, -0.05) is 0 Å². The molecule has 1 saturated heterocycles. The molecule has 0 atom stereocenters. The van der Waals surface area contributed by atoms with Crippen LogP contribution in [0.25, 0.3) is 0 Å². The van der Waals surface area contributed by atoms with E-state index in [0.717, 1.165) is 37.6 Å². The summed E-state index contributed by atoms with van der Waals surface area (Å²) in [7, 11) is 1.79. The van der Waals surface area contributed by atoms with E-state index in [1.807, 2.05) is 19.1 Å². The van der Waals surface area contributed by atoms with Crippen LogP contribution in [0.2, 0.25) is 0 Å². The van der Waals surface area contributed by atoms with Crippen molar-refractivity contribution in [3.63, 3.8) is 0 Å². The number of hydrogen-bond donors (Lipinski definition) is 2. The minimum Gasteiger partial charge on any atom is -0.395 e. The Morgan fingerprint density at radius 2 is 2.07 bits per heavy atom. The molecule has 0 aliphatic carbocycles. The zero-order valence-corrected chi connectivity index (χ0v) is 15.6. The maximum absolute atomic E-state index is 12.4. The zero-order chi connectivity index (χ0) is 19.4. The third-order valence-electron chi connectivity index (χ3n) is 4.98. The van der Waals surface area contributed by atoms with E-state index >= 15 is 0 Å². The number of piperazine rings is 1. The summed E-state index contributed by atoms with van der Waals surface area (Å²) in [5.74, 6) is -0.241. The third-order valence-corrected chi connectivity index (χ3v) is 4.98. The van der Waals surface area contributed by atoms with Crippen LogP contribution in [0.1, 0.15) is 21.6 Å². The normalized spacial score (nSPS) is 14.8. The summed E-state index contributed by atoms with van der Waals surface area (Å²) in [5, 5.41) is 25.5. The van der Waals surface area contributed by atoms with Gasteiger partial charge >= 0.3 is 0 Å². The lowest BCUT2D eigenvalue weighted by Crippen LogP contribution is -2.47. The van der Waals surface area contributed by atoms with Crippen LogP contribution in [0.5, 0.6) is 0 Å². The molecule has 0 spiro atoms. The van der Waals surface area contributed by atoms with E-state index in [4.69, 9.17) is 5.11 Å². The van der Waals surface area contributed by atoms with Crippen molar-refractivity contribution in [1.29, 1.82) is 5.26 Å². The summed E-state index contributed by atoms with van der Waals surface area (Å²) < 4.78 is 1.65. The quantitative estimate of drug-likeness (QED) is 0.816. The van der Waals surface area contributed by atoms with Crippen molar-refractivity contribution >= 4 is 17.3 Å². The van der Waals surface area contributed by atoms with Crippen molar-refractivity contribution in [2.75, 3.05) is 49.5 Å². The number of nitrogens with zero attached hydrogens (tertiary/aromatic N) is 5. The average Bonchev–Trinajstić information content (AvgIpc) is 3.01. The van der Waals surface area contributed by atoms with Gasteiger partial charge in [-0.15, -0.1) is 0 Å². The van der Waals surface area contributed by atoms with Gasteiger partial charge in [0.2, 0.25) is 0 Å². The highest BCUT2D eigenvalue weighted by atomic mass is 16.3. The molecule has 8 heteroatoms. The first-order chi connectivity index (χ1) is 13.0. The fourth-order valence-corrected chi connectivity index (χ4v) is 3.25. The van der Waals surface area contributed by atoms with Crippen LogP contribution in [-0.4, -0.2) is 65.0 Å². The second kappa shape index (κ2) is 8.20. The maximum atomic E-state index is 12.4. The fraction of sp³-hybridized carbons (Fsp3) is 0.421. The lowest BCUT2D eigenvalue weighted by atomic mass is 10.1. The van der Waals surface area contributed by atoms with Crippen molar-refractivity contribution < 1.29 is 9.90 Å². The Bertz CT molecular complexity index is 862. The predicted molar refractivity (Wildman–Crippen MR) is 103 cm³/mol. The lowest BCUT2D eigenvalue weighted by molar-refractivity contribution is 0.102. The van der Waals surface area contributed by atoms with E-state index in [2.05, 4.69) is 26.3 Å². The molecule has 1 fully saturated rings. The highest BCUT2D eigenvalue weighted by molar-refractivity contribution is 6.05. The number of benzene rings is 1. The van der Waals surface area contributed by atoms with Crippen molar-refractivity contribution in [3.8, 4) is 6.07 Å². The molecule has 1 aromatic carbocycles. The molecule has 142 valence electrons. The van der Waals surface area contributed by atoms with Crippen LogP contribution < -0.4 is 10.2 Å². The van der Waals surface area contributed by atoms with Gasteiger partial charge in [-0.3, -0.25) is 14.4 Å². The van der Waals surface area contributed by atoms with Crippen LogP contribution >= 0.6 is 0 Å². The molecule has 1 amide bonds.